The summed E-state index contributed by atoms with van der Waals surface area (Å²) in [6, 6.07) is 9.44. The molecule has 0 unspecified atom stereocenters. The number of aliphatic imine (C=N–C) groups is 1. The van der Waals surface area contributed by atoms with Crippen molar-refractivity contribution in [3.05, 3.63) is 42.1 Å². The molecule has 0 atom stereocenters. The molecule has 0 saturated carbocycles. The quantitative estimate of drug-likeness (QED) is 0.850. The van der Waals surface area contributed by atoms with E-state index in [1.807, 2.05) is 37.3 Å². The second kappa shape index (κ2) is 8.65. The van der Waals surface area contributed by atoms with E-state index in [0.717, 1.165) is 18.5 Å². The first-order valence-electron chi connectivity index (χ1n) is 8.93. The fourth-order valence-corrected chi connectivity index (χ4v) is 2.37. The topological polar surface area (TPSA) is 71.0 Å². The molecule has 6 heteroatoms. The fourth-order valence-electron chi connectivity index (χ4n) is 2.37. The molecule has 0 spiro atoms. The number of ether oxygens (including phenoxy) is 1. The number of hydrogen-bond donors (Lipinski definition) is 1. The highest BCUT2D eigenvalue weighted by molar-refractivity contribution is 6.06. The van der Waals surface area contributed by atoms with Gasteiger partial charge in [0.25, 0.3) is 0 Å². The van der Waals surface area contributed by atoms with Gasteiger partial charge in [0.2, 0.25) is 5.96 Å². The van der Waals surface area contributed by atoms with Gasteiger partial charge in [-0.05, 0) is 39.3 Å². The molecule has 1 aromatic rings. The SMILES string of the molecule is CCCCC(=O)C1=CN=C(Nc2ccccc2)N(C(=O)OC(C)(C)C)C1. The van der Waals surface area contributed by atoms with E-state index in [1.54, 1.807) is 27.0 Å². The standard InChI is InChI=1S/C20H27N3O3/c1-5-6-12-17(24)15-13-21-18(22-16-10-8-7-9-11-16)23(14-15)19(25)26-20(2,3)4/h7-11,13H,5-6,12,14H2,1-4H3,(H,21,22). The lowest BCUT2D eigenvalue weighted by Crippen LogP contribution is -2.46. The molecule has 1 aliphatic rings. The van der Waals surface area contributed by atoms with Crippen LogP contribution in [0.5, 0.6) is 0 Å². The number of guanidine groups is 1. The predicted octanol–water partition coefficient (Wildman–Crippen LogP) is 4.35. The first-order chi connectivity index (χ1) is 12.3. The Balaban J connectivity index is 2.23. The fraction of sp³-hybridized carbons (Fsp3) is 0.450. The largest absolute Gasteiger partial charge is 0.443 e. The van der Waals surface area contributed by atoms with Gasteiger partial charge in [-0.15, -0.1) is 0 Å². The van der Waals surface area contributed by atoms with Gasteiger partial charge in [-0.1, -0.05) is 31.5 Å². The van der Waals surface area contributed by atoms with Gasteiger partial charge in [0, 0.05) is 23.9 Å². The summed E-state index contributed by atoms with van der Waals surface area (Å²) in [7, 11) is 0. The highest BCUT2D eigenvalue weighted by Crippen LogP contribution is 2.18. The molecule has 0 radical (unpaired) electrons. The third-order valence-electron chi connectivity index (χ3n) is 3.69. The Morgan fingerprint density at radius 2 is 1.92 bits per heavy atom. The number of benzene rings is 1. The van der Waals surface area contributed by atoms with Gasteiger partial charge in [-0.2, -0.15) is 0 Å². The van der Waals surface area contributed by atoms with Crippen molar-refractivity contribution in [1.29, 1.82) is 0 Å². The van der Waals surface area contributed by atoms with Crippen molar-refractivity contribution < 1.29 is 14.3 Å². The lowest BCUT2D eigenvalue weighted by Gasteiger charge is -2.30. The molecule has 26 heavy (non-hydrogen) atoms. The average molecular weight is 357 g/mol. The van der Waals surface area contributed by atoms with Crippen LogP contribution >= 0.6 is 0 Å². The Hall–Kier alpha value is -2.63. The van der Waals surface area contributed by atoms with E-state index < -0.39 is 11.7 Å². The van der Waals surface area contributed by atoms with Crippen LogP contribution in [-0.4, -0.2) is 34.9 Å². The van der Waals surface area contributed by atoms with Crippen LogP contribution in [0.15, 0.2) is 47.1 Å². The maximum Gasteiger partial charge on any atom is 0.417 e. The third-order valence-corrected chi connectivity index (χ3v) is 3.69. The Morgan fingerprint density at radius 1 is 1.23 bits per heavy atom. The van der Waals surface area contributed by atoms with Crippen molar-refractivity contribution in [1.82, 2.24) is 4.90 Å². The number of nitrogens with zero attached hydrogens (tertiary/aromatic N) is 2. The molecule has 1 N–H and O–H groups in total. The van der Waals surface area contributed by atoms with Crippen molar-refractivity contribution in [2.75, 3.05) is 11.9 Å². The van der Waals surface area contributed by atoms with Crippen LogP contribution in [0.4, 0.5) is 10.5 Å². The summed E-state index contributed by atoms with van der Waals surface area (Å²) in [4.78, 5) is 30.7. The number of amides is 1. The number of anilines is 1. The van der Waals surface area contributed by atoms with Crippen molar-refractivity contribution in [3.63, 3.8) is 0 Å². The van der Waals surface area contributed by atoms with Crippen LogP contribution in [0.3, 0.4) is 0 Å². The first kappa shape index (κ1) is 19.7. The Morgan fingerprint density at radius 3 is 2.54 bits per heavy atom. The average Bonchev–Trinajstić information content (AvgIpc) is 2.59. The van der Waals surface area contributed by atoms with Crippen LogP contribution in [-0.2, 0) is 9.53 Å². The number of ketones is 1. The van der Waals surface area contributed by atoms with Gasteiger partial charge < -0.3 is 10.1 Å². The van der Waals surface area contributed by atoms with Crippen LogP contribution in [0.2, 0.25) is 0 Å². The van der Waals surface area contributed by atoms with Crippen molar-refractivity contribution in [2.45, 2.75) is 52.6 Å². The zero-order chi connectivity index (χ0) is 19.2. The Bertz CT molecular complexity index is 703. The van der Waals surface area contributed by atoms with E-state index in [2.05, 4.69) is 10.3 Å². The summed E-state index contributed by atoms with van der Waals surface area (Å²) >= 11 is 0. The maximum absolute atomic E-state index is 12.6. The number of hydrogen-bond acceptors (Lipinski definition) is 5. The number of unbranched alkanes of at least 4 members (excludes halogenated alkanes) is 1. The minimum Gasteiger partial charge on any atom is -0.443 e. The number of para-hydroxylation sites is 1. The molecular formula is C20H27N3O3. The van der Waals surface area contributed by atoms with Crippen molar-refractivity contribution >= 4 is 23.5 Å². The Labute approximate surface area is 154 Å². The molecule has 1 heterocycles. The smallest absolute Gasteiger partial charge is 0.417 e. The van der Waals surface area contributed by atoms with Gasteiger partial charge in [0.1, 0.15) is 5.60 Å². The summed E-state index contributed by atoms with van der Waals surface area (Å²) in [6.07, 6.45) is 3.24. The van der Waals surface area contributed by atoms with Crippen LogP contribution in [0.25, 0.3) is 0 Å². The molecule has 6 nitrogen and oxygen atoms in total. The molecule has 0 aliphatic carbocycles. The van der Waals surface area contributed by atoms with E-state index in [9.17, 15) is 9.59 Å². The molecule has 1 aromatic carbocycles. The number of rotatable bonds is 5. The molecule has 140 valence electrons. The Kier molecular flexibility index (Phi) is 6.55. The number of carbonyl (C=O) groups is 2. The van der Waals surface area contributed by atoms with Gasteiger partial charge in [-0.25, -0.2) is 14.7 Å². The summed E-state index contributed by atoms with van der Waals surface area (Å²) < 4.78 is 5.48. The maximum atomic E-state index is 12.6. The van der Waals surface area contributed by atoms with E-state index in [0.29, 0.717) is 18.0 Å². The lowest BCUT2D eigenvalue weighted by atomic mass is 10.1. The molecule has 1 aliphatic heterocycles. The molecular weight excluding hydrogens is 330 g/mol. The minimum atomic E-state index is -0.636. The molecule has 1 amide bonds. The van der Waals surface area contributed by atoms with Crippen LogP contribution in [0, 0.1) is 0 Å². The number of carbonyl (C=O) groups excluding carboxylic acids is 2. The van der Waals surface area contributed by atoms with E-state index in [-0.39, 0.29) is 12.3 Å². The normalized spacial score (nSPS) is 14.4. The van der Waals surface area contributed by atoms with Gasteiger partial charge in [0.15, 0.2) is 5.78 Å². The van der Waals surface area contributed by atoms with Gasteiger partial charge >= 0.3 is 6.09 Å². The van der Waals surface area contributed by atoms with Crippen LogP contribution < -0.4 is 5.32 Å². The minimum absolute atomic E-state index is 0.0166. The lowest BCUT2D eigenvalue weighted by molar-refractivity contribution is -0.115. The molecule has 2 rings (SSSR count). The van der Waals surface area contributed by atoms with Crippen molar-refractivity contribution in [2.24, 2.45) is 4.99 Å². The summed E-state index contributed by atoms with van der Waals surface area (Å²) in [6.45, 7) is 7.60. The summed E-state index contributed by atoms with van der Waals surface area (Å²) in [5.41, 5.74) is 0.680. The highest BCUT2D eigenvalue weighted by atomic mass is 16.6. The van der Waals surface area contributed by atoms with Crippen molar-refractivity contribution in [3.8, 4) is 0 Å². The van der Waals surface area contributed by atoms with E-state index in [4.69, 9.17) is 4.74 Å². The molecule has 0 aromatic heterocycles. The molecule has 0 fully saturated rings. The zero-order valence-corrected chi connectivity index (χ0v) is 15.9. The zero-order valence-electron chi connectivity index (χ0n) is 15.9. The number of Topliss-reactive ketones (excluding diaryl/α,β-unsaturated/α-hetero) is 1. The highest BCUT2D eigenvalue weighted by Gasteiger charge is 2.30. The summed E-state index contributed by atoms with van der Waals surface area (Å²) in [5, 5.41) is 3.12. The molecule has 0 saturated heterocycles. The monoisotopic (exact) mass is 357 g/mol. The van der Waals surface area contributed by atoms with E-state index in [1.165, 1.54) is 4.90 Å². The van der Waals surface area contributed by atoms with Gasteiger partial charge in [0.05, 0.1) is 6.54 Å². The summed E-state index contributed by atoms with van der Waals surface area (Å²) in [5.74, 6) is 0.361. The predicted molar refractivity (Wildman–Crippen MR) is 103 cm³/mol. The second-order valence-electron chi connectivity index (χ2n) is 7.19. The number of nitrogens with one attached hydrogen (secondary N) is 1. The second-order valence-corrected chi connectivity index (χ2v) is 7.19. The molecule has 0 bridgehead atoms. The first-order valence-corrected chi connectivity index (χ1v) is 8.93. The van der Waals surface area contributed by atoms with E-state index >= 15 is 0 Å². The van der Waals surface area contributed by atoms with Gasteiger partial charge in [-0.3, -0.25) is 4.79 Å². The van der Waals surface area contributed by atoms with Crippen LogP contribution in [0.1, 0.15) is 47.0 Å². The third kappa shape index (κ3) is 5.72.